The molecule has 0 saturated heterocycles. The van der Waals surface area contributed by atoms with Crippen molar-refractivity contribution in [2.45, 2.75) is 0 Å². The maximum absolute atomic E-state index is 11.6. The van der Waals surface area contributed by atoms with E-state index in [4.69, 9.17) is 10.5 Å². The monoisotopic (exact) mass is 426 g/mol. The number of ether oxygens (including phenoxy) is 1. The van der Waals surface area contributed by atoms with Crippen molar-refractivity contribution in [1.29, 1.82) is 0 Å². The molecular weight excluding hydrogens is 404 g/mol. The molecule has 8 heteroatoms. The summed E-state index contributed by atoms with van der Waals surface area (Å²) in [5.41, 5.74) is 13.0. The summed E-state index contributed by atoms with van der Waals surface area (Å²) in [4.78, 5) is 20.2. The van der Waals surface area contributed by atoms with Crippen LogP contribution in [0.3, 0.4) is 0 Å². The van der Waals surface area contributed by atoms with Crippen LogP contribution in [0.1, 0.15) is 10.4 Å². The molecule has 0 atom stereocenters. The summed E-state index contributed by atoms with van der Waals surface area (Å²) in [5, 5.41) is 5.06. The first kappa shape index (κ1) is 20.7. The maximum Gasteiger partial charge on any atom is 0.337 e. The first-order chi connectivity index (χ1) is 15.7. The number of nitrogens with two attached hydrogens (primary N) is 1. The third kappa shape index (κ3) is 4.59. The lowest BCUT2D eigenvalue weighted by atomic mass is 10.2. The van der Waals surface area contributed by atoms with E-state index >= 15 is 0 Å². The van der Waals surface area contributed by atoms with E-state index in [1.807, 2.05) is 65.7 Å². The molecule has 0 aliphatic rings. The molecule has 0 radical (unpaired) electrons. The number of aromatic nitrogens is 2. The van der Waals surface area contributed by atoms with Crippen LogP contribution >= 0.6 is 0 Å². The molecule has 0 saturated carbocycles. The molecule has 0 unspecified atom stereocenters. The number of hydrogen-bond donors (Lipinski definition) is 3. The van der Waals surface area contributed by atoms with Gasteiger partial charge in [0.1, 0.15) is 12.0 Å². The average molecular weight is 426 g/mol. The number of carbonyl (C=O) groups excluding carboxylic acids is 1. The number of nitrogens with zero attached hydrogens (tertiary/aromatic N) is 3. The summed E-state index contributed by atoms with van der Waals surface area (Å²) >= 11 is 0. The van der Waals surface area contributed by atoms with E-state index < -0.39 is 5.97 Å². The zero-order chi connectivity index (χ0) is 22.3. The van der Waals surface area contributed by atoms with Gasteiger partial charge in [0.25, 0.3) is 0 Å². The fraction of sp³-hybridized carbons (Fsp3) is 0.0417. The van der Waals surface area contributed by atoms with Gasteiger partial charge in [-0.3, -0.25) is 10.4 Å². The predicted molar refractivity (Wildman–Crippen MR) is 126 cm³/mol. The van der Waals surface area contributed by atoms with Crippen molar-refractivity contribution in [2.75, 3.05) is 28.6 Å². The number of nitrogens with one attached hydrogen (secondary N) is 2. The van der Waals surface area contributed by atoms with Crippen LogP contribution in [0, 0.1) is 0 Å². The minimum Gasteiger partial charge on any atom is -0.465 e. The van der Waals surface area contributed by atoms with Gasteiger partial charge in [-0.25, -0.2) is 14.8 Å². The summed E-state index contributed by atoms with van der Waals surface area (Å²) in [5.74, 6) is 0.488. The van der Waals surface area contributed by atoms with Crippen LogP contribution in [0.2, 0.25) is 0 Å². The van der Waals surface area contributed by atoms with Crippen molar-refractivity contribution in [1.82, 2.24) is 9.97 Å². The zero-order valence-corrected chi connectivity index (χ0v) is 17.4. The van der Waals surface area contributed by atoms with Gasteiger partial charge in [-0.05, 0) is 48.5 Å². The lowest BCUT2D eigenvalue weighted by Crippen LogP contribution is -2.26. The van der Waals surface area contributed by atoms with Gasteiger partial charge in [0.15, 0.2) is 11.6 Å². The second-order valence-corrected chi connectivity index (χ2v) is 6.80. The smallest absolute Gasteiger partial charge is 0.337 e. The van der Waals surface area contributed by atoms with Gasteiger partial charge in [0, 0.05) is 5.69 Å². The molecule has 0 bridgehead atoms. The van der Waals surface area contributed by atoms with Crippen LogP contribution in [0.4, 0.5) is 34.4 Å². The fourth-order valence-corrected chi connectivity index (χ4v) is 3.07. The Morgan fingerprint density at radius 2 is 1.41 bits per heavy atom. The molecule has 0 amide bonds. The molecule has 4 N–H and O–H groups in total. The van der Waals surface area contributed by atoms with Crippen LogP contribution in [-0.2, 0) is 4.74 Å². The molecule has 8 nitrogen and oxygen atoms in total. The van der Waals surface area contributed by atoms with E-state index in [0.717, 1.165) is 17.1 Å². The average Bonchev–Trinajstić information content (AvgIpc) is 2.85. The van der Waals surface area contributed by atoms with E-state index in [1.54, 1.807) is 24.3 Å². The number of hydrazine groups is 1. The number of esters is 1. The van der Waals surface area contributed by atoms with Crippen molar-refractivity contribution in [3.8, 4) is 0 Å². The predicted octanol–water partition coefficient (Wildman–Crippen LogP) is 4.75. The number of carbonyl (C=O) groups is 1. The third-order valence-corrected chi connectivity index (χ3v) is 4.70. The number of rotatable bonds is 7. The number of hydrogen-bond acceptors (Lipinski definition) is 8. The Balaban J connectivity index is 1.60. The van der Waals surface area contributed by atoms with Crippen molar-refractivity contribution in [3.05, 3.63) is 96.8 Å². The highest BCUT2D eigenvalue weighted by atomic mass is 16.5. The molecule has 0 spiro atoms. The SMILES string of the molecule is COC(=O)c1ccc(Nc2ncnc(NN(c3ccccc3)c3ccccc3)c2N)cc1. The molecular formula is C24H22N6O2. The highest BCUT2D eigenvalue weighted by molar-refractivity contribution is 5.90. The van der Waals surface area contributed by atoms with Crippen LogP contribution in [0.25, 0.3) is 0 Å². The summed E-state index contributed by atoms with van der Waals surface area (Å²) in [6.45, 7) is 0. The summed E-state index contributed by atoms with van der Waals surface area (Å²) in [6.07, 6.45) is 1.43. The first-order valence-electron chi connectivity index (χ1n) is 9.88. The minimum absolute atomic E-state index is 0.349. The molecule has 0 aliphatic carbocycles. The second-order valence-electron chi connectivity index (χ2n) is 6.80. The van der Waals surface area contributed by atoms with Gasteiger partial charge in [-0.1, -0.05) is 36.4 Å². The zero-order valence-electron chi connectivity index (χ0n) is 17.4. The maximum atomic E-state index is 11.6. The highest BCUT2D eigenvalue weighted by Crippen LogP contribution is 2.30. The number of benzene rings is 3. The summed E-state index contributed by atoms with van der Waals surface area (Å²) < 4.78 is 4.73. The van der Waals surface area contributed by atoms with Crippen molar-refractivity contribution < 1.29 is 9.53 Å². The lowest BCUT2D eigenvalue weighted by molar-refractivity contribution is 0.0601. The van der Waals surface area contributed by atoms with Gasteiger partial charge in [0.2, 0.25) is 0 Å². The van der Waals surface area contributed by atoms with Crippen LogP contribution in [0.5, 0.6) is 0 Å². The Hall–Kier alpha value is -4.59. The van der Waals surface area contributed by atoms with Gasteiger partial charge in [-0.15, -0.1) is 0 Å². The topological polar surface area (TPSA) is 105 Å². The quantitative estimate of drug-likeness (QED) is 0.287. The van der Waals surface area contributed by atoms with E-state index in [2.05, 4.69) is 20.7 Å². The van der Waals surface area contributed by atoms with E-state index in [0.29, 0.717) is 22.9 Å². The molecule has 32 heavy (non-hydrogen) atoms. The fourth-order valence-electron chi connectivity index (χ4n) is 3.07. The summed E-state index contributed by atoms with van der Waals surface area (Å²) in [6, 6.07) is 26.5. The lowest BCUT2D eigenvalue weighted by Gasteiger charge is -2.26. The minimum atomic E-state index is -0.397. The Kier molecular flexibility index (Phi) is 6.12. The number of nitrogen functional groups attached to an aromatic ring is 1. The van der Waals surface area contributed by atoms with E-state index in [1.165, 1.54) is 13.4 Å². The standard InChI is InChI=1S/C24H22N6O2/c1-32-24(31)17-12-14-18(15-13-17)28-22-21(25)23(27-16-26-22)29-30(19-8-4-2-5-9-19)20-10-6-3-7-11-20/h2-16H,25H2,1H3,(H2,26,27,28,29). The Morgan fingerprint density at radius 3 is 1.97 bits per heavy atom. The van der Waals surface area contributed by atoms with Gasteiger partial charge >= 0.3 is 5.97 Å². The number of anilines is 6. The van der Waals surface area contributed by atoms with Gasteiger partial charge in [-0.2, -0.15) is 0 Å². The molecule has 0 fully saturated rings. The van der Waals surface area contributed by atoms with Crippen LogP contribution in [-0.4, -0.2) is 23.0 Å². The molecule has 4 aromatic rings. The normalized spacial score (nSPS) is 10.3. The molecule has 1 aromatic heterocycles. The summed E-state index contributed by atoms with van der Waals surface area (Å²) in [7, 11) is 1.35. The van der Waals surface area contributed by atoms with Crippen molar-refractivity contribution in [3.63, 3.8) is 0 Å². The van der Waals surface area contributed by atoms with Crippen LogP contribution in [0.15, 0.2) is 91.3 Å². The largest absolute Gasteiger partial charge is 0.465 e. The third-order valence-electron chi connectivity index (χ3n) is 4.70. The Morgan fingerprint density at radius 1 is 0.844 bits per heavy atom. The van der Waals surface area contributed by atoms with E-state index in [-0.39, 0.29) is 0 Å². The Labute approximate surface area is 185 Å². The molecule has 4 rings (SSSR count). The van der Waals surface area contributed by atoms with Crippen molar-refractivity contribution in [2.24, 2.45) is 0 Å². The molecule has 1 heterocycles. The number of para-hydroxylation sites is 2. The molecule has 160 valence electrons. The highest BCUT2D eigenvalue weighted by Gasteiger charge is 2.14. The van der Waals surface area contributed by atoms with Gasteiger partial charge in [0.05, 0.1) is 24.0 Å². The Bertz CT molecular complexity index is 1140. The number of methoxy groups -OCH3 is 1. The van der Waals surface area contributed by atoms with E-state index in [9.17, 15) is 4.79 Å². The van der Waals surface area contributed by atoms with Crippen molar-refractivity contribution >= 4 is 40.4 Å². The molecule has 3 aromatic carbocycles. The van der Waals surface area contributed by atoms with Crippen LogP contribution < -0.4 is 21.5 Å². The first-order valence-corrected chi connectivity index (χ1v) is 9.88. The second kappa shape index (κ2) is 9.48. The molecule has 0 aliphatic heterocycles. The van der Waals surface area contributed by atoms with Gasteiger partial charge < -0.3 is 15.8 Å².